The standard InChI is InChI=1S/C15H22N2O/c1-11(2)14-9-17-13(8-16-14)10-18-15(17)12-6-4-3-5-7-12/h3-7,11,13-16H,8-10H2,1-2H3/t13-,14+,15+/m0/s1. The van der Waals surface area contributed by atoms with Gasteiger partial charge in [0.15, 0.2) is 0 Å². The highest BCUT2D eigenvalue weighted by atomic mass is 16.5. The summed E-state index contributed by atoms with van der Waals surface area (Å²) in [7, 11) is 0. The maximum absolute atomic E-state index is 6.00. The third kappa shape index (κ3) is 2.18. The Bertz CT molecular complexity index is 393. The van der Waals surface area contributed by atoms with Gasteiger partial charge in [0.2, 0.25) is 0 Å². The van der Waals surface area contributed by atoms with Crippen molar-refractivity contribution in [3.05, 3.63) is 35.9 Å². The molecule has 2 heterocycles. The Morgan fingerprint density at radius 3 is 2.78 bits per heavy atom. The second kappa shape index (κ2) is 5.00. The molecule has 0 radical (unpaired) electrons. The van der Waals surface area contributed by atoms with Crippen molar-refractivity contribution < 1.29 is 4.74 Å². The normalized spacial score (nSPS) is 32.7. The number of benzene rings is 1. The molecule has 0 unspecified atom stereocenters. The van der Waals surface area contributed by atoms with E-state index in [1.165, 1.54) is 5.56 Å². The topological polar surface area (TPSA) is 24.5 Å². The number of piperazine rings is 1. The summed E-state index contributed by atoms with van der Waals surface area (Å²) < 4.78 is 6.00. The van der Waals surface area contributed by atoms with Gasteiger partial charge in [0.05, 0.1) is 6.61 Å². The van der Waals surface area contributed by atoms with E-state index in [9.17, 15) is 0 Å². The maximum Gasteiger partial charge on any atom is 0.137 e. The zero-order chi connectivity index (χ0) is 12.5. The Kier molecular flexibility index (Phi) is 3.37. The highest BCUT2D eigenvalue weighted by Crippen LogP contribution is 2.32. The van der Waals surface area contributed by atoms with Crippen LogP contribution in [0.5, 0.6) is 0 Å². The lowest BCUT2D eigenvalue weighted by Crippen LogP contribution is -2.56. The molecular formula is C15H22N2O. The van der Waals surface area contributed by atoms with Crippen molar-refractivity contribution in [3.8, 4) is 0 Å². The van der Waals surface area contributed by atoms with Crippen LogP contribution in [0, 0.1) is 5.92 Å². The maximum atomic E-state index is 6.00. The van der Waals surface area contributed by atoms with E-state index in [0.717, 1.165) is 19.7 Å². The van der Waals surface area contributed by atoms with E-state index in [4.69, 9.17) is 4.74 Å². The molecule has 2 aliphatic rings. The van der Waals surface area contributed by atoms with E-state index in [1.807, 2.05) is 0 Å². The highest BCUT2D eigenvalue weighted by Gasteiger charge is 2.39. The summed E-state index contributed by atoms with van der Waals surface area (Å²) in [6.45, 7) is 7.55. The first-order chi connectivity index (χ1) is 8.75. The van der Waals surface area contributed by atoms with Crippen molar-refractivity contribution in [1.29, 1.82) is 0 Å². The van der Waals surface area contributed by atoms with E-state index in [1.54, 1.807) is 0 Å². The molecule has 3 rings (SSSR count). The minimum atomic E-state index is 0.152. The molecule has 2 saturated heterocycles. The number of ether oxygens (including phenoxy) is 1. The third-order valence-electron chi connectivity index (χ3n) is 4.13. The van der Waals surface area contributed by atoms with E-state index < -0.39 is 0 Å². The number of nitrogens with one attached hydrogen (secondary N) is 1. The summed E-state index contributed by atoms with van der Waals surface area (Å²) >= 11 is 0. The van der Waals surface area contributed by atoms with Gasteiger partial charge in [-0.3, -0.25) is 4.90 Å². The zero-order valence-corrected chi connectivity index (χ0v) is 11.2. The first-order valence-electron chi connectivity index (χ1n) is 6.91. The molecule has 0 aromatic heterocycles. The van der Waals surface area contributed by atoms with Crippen molar-refractivity contribution in [2.24, 2.45) is 5.92 Å². The first-order valence-corrected chi connectivity index (χ1v) is 6.91. The van der Waals surface area contributed by atoms with E-state index >= 15 is 0 Å². The molecule has 0 amide bonds. The highest BCUT2D eigenvalue weighted by molar-refractivity contribution is 5.19. The summed E-state index contributed by atoms with van der Waals surface area (Å²) in [5.41, 5.74) is 1.28. The molecule has 1 aromatic rings. The summed E-state index contributed by atoms with van der Waals surface area (Å²) in [4.78, 5) is 2.52. The Hall–Kier alpha value is -0.900. The van der Waals surface area contributed by atoms with Gasteiger partial charge >= 0.3 is 0 Å². The van der Waals surface area contributed by atoms with Crippen LogP contribution in [0.15, 0.2) is 30.3 Å². The lowest BCUT2D eigenvalue weighted by atomic mass is 9.99. The SMILES string of the molecule is CC(C)[C@H]1CN2[C@@H](CN1)CO[C@@H]2c1ccccc1. The van der Waals surface area contributed by atoms with Gasteiger partial charge in [0.1, 0.15) is 6.23 Å². The van der Waals surface area contributed by atoms with Crippen molar-refractivity contribution in [3.63, 3.8) is 0 Å². The lowest BCUT2D eigenvalue weighted by Gasteiger charge is -2.39. The molecule has 18 heavy (non-hydrogen) atoms. The van der Waals surface area contributed by atoms with Crippen LogP contribution in [-0.2, 0) is 4.74 Å². The number of hydrogen-bond acceptors (Lipinski definition) is 3. The van der Waals surface area contributed by atoms with Crippen LogP contribution in [0.2, 0.25) is 0 Å². The molecule has 2 fully saturated rings. The fourth-order valence-electron chi connectivity index (χ4n) is 2.94. The molecule has 0 spiro atoms. The molecule has 0 saturated carbocycles. The van der Waals surface area contributed by atoms with Gasteiger partial charge in [-0.2, -0.15) is 0 Å². The summed E-state index contributed by atoms with van der Waals surface area (Å²) in [6, 6.07) is 11.7. The van der Waals surface area contributed by atoms with Crippen LogP contribution < -0.4 is 5.32 Å². The minimum absolute atomic E-state index is 0.152. The van der Waals surface area contributed by atoms with Crippen molar-refractivity contribution >= 4 is 0 Å². The average molecular weight is 246 g/mol. The van der Waals surface area contributed by atoms with Crippen molar-refractivity contribution in [2.45, 2.75) is 32.2 Å². The Morgan fingerprint density at radius 1 is 1.28 bits per heavy atom. The van der Waals surface area contributed by atoms with Crippen LogP contribution >= 0.6 is 0 Å². The van der Waals surface area contributed by atoms with Crippen LogP contribution in [0.1, 0.15) is 25.6 Å². The second-order valence-corrected chi connectivity index (χ2v) is 5.71. The van der Waals surface area contributed by atoms with E-state index in [2.05, 4.69) is 54.4 Å². The molecule has 1 aromatic carbocycles. The average Bonchev–Trinajstić information content (AvgIpc) is 2.82. The van der Waals surface area contributed by atoms with Gasteiger partial charge in [-0.25, -0.2) is 0 Å². The molecule has 3 atom stereocenters. The van der Waals surface area contributed by atoms with E-state index in [0.29, 0.717) is 18.0 Å². The second-order valence-electron chi connectivity index (χ2n) is 5.71. The summed E-state index contributed by atoms with van der Waals surface area (Å²) in [6.07, 6.45) is 0.152. The van der Waals surface area contributed by atoms with Crippen LogP contribution in [0.3, 0.4) is 0 Å². The number of fused-ring (bicyclic) bond motifs is 1. The first kappa shape index (κ1) is 12.2. The third-order valence-corrected chi connectivity index (χ3v) is 4.13. The fourth-order valence-corrected chi connectivity index (χ4v) is 2.94. The quantitative estimate of drug-likeness (QED) is 0.864. The van der Waals surface area contributed by atoms with Crippen molar-refractivity contribution in [1.82, 2.24) is 10.2 Å². The number of hydrogen-bond donors (Lipinski definition) is 1. The Balaban J connectivity index is 1.78. The minimum Gasteiger partial charge on any atom is -0.357 e. The molecular weight excluding hydrogens is 224 g/mol. The predicted molar refractivity (Wildman–Crippen MR) is 72.3 cm³/mol. The summed E-state index contributed by atoms with van der Waals surface area (Å²) in [5, 5.41) is 3.64. The van der Waals surface area contributed by atoms with Crippen LogP contribution in [-0.4, -0.2) is 36.7 Å². The zero-order valence-electron chi connectivity index (χ0n) is 11.2. The van der Waals surface area contributed by atoms with Gasteiger partial charge in [-0.1, -0.05) is 44.2 Å². The fraction of sp³-hybridized carbons (Fsp3) is 0.600. The van der Waals surface area contributed by atoms with Gasteiger partial charge in [-0.15, -0.1) is 0 Å². The van der Waals surface area contributed by atoms with Gasteiger partial charge in [0.25, 0.3) is 0 Å². The van der Waals surface area contributed by atoms with E-state index in [-0.39, 0.29) is 6.23 Å². The van der Waals surface area contributed by atoms with Gasteiger partial charge < -0.3 is 10.1 Å². The Morgan fingerprint density at radius 2 is 2.06 bits per heavy atom. The molecule has 3 heteroatoms. The smallest absolute Gasteiger partial charge is 0.137 e. The molecule has 0 bridgehead atoms. The van der Waals surface area contributed by atoms with Gasteiger partial charge in [0, 0.05) is 25.2 Å². The number of nitrogens with zero attached hydrogens (tertiary/aromatic N) is 1. The van der Waals surface area contributed by atoms with Crippen molar-refractivity contribution in [2.75, 3.05) is 19.7 Å². The monoisotopic (exact) mass is 246 g/mol. The van der Waals surface area contributed by atoms with Gasteiger partial charge in [-0.05, 0) is 11.5 Å². The molecule has 2 aliphatic heterocycles. The molecule has 98 valence electrons. The van der Waals surface area contributed by atoms with Crippen LogP contribution in [0.4, 0.5) is 0 Å². The molecule has 1 N–H and O–H groups in total. The Labute approximate surface area is 109 Å². The van der Waals surface area contributed by atoms with Crippen LogP contribution in [0.25, 0.3) is 0 Å². The number of rotatable bonds is 2. The predicted octanol–water partition coefficient (Wildman–Crippen LogP) is 2.01. The molecule has 3 nitrogen and oxygen atoms in total. The lowest BCUT2D eigenvalue weighted by molar-refractivity contribution is 0.0139. The largest absolute Gasteiger partial charge is 0.357 e. The summed E-state index contributed by atoms with van der Waals surface area (Å²) in [5.74, 6) is 0.669. The molecule has 0 aliphatic carbocycles.